The maximum absolute atomic E-state index is 12.1. The number of ether oxygens (including phenoxy) is 1. The Morgan fingerprint density at radius 1 is 1.09 bits per heavy atom. The molecule has 118 valence electrons. The zero-order valence-corrected chi connectivity index (χ0v) is 13.1. The predicted octanol–water partition coefficient (Wildman–Crippen LogP) is 2.19. The van der Waals surface area contributed by atoms with Crippen molar-refractivity contribution in [3.8, 4) is 0 Å². The molecule has 0 aliphatic heterocycles. The van der Waals surface area contributed by atoms with Crippen LogP contribution in [-0.4, -0.2) is 16.7 Å². The summed E-state index contributed by atoms with van der Waals surface area (Å²) in [7, 11) is 1.52. The second kappa shape index (κ2) is 6.22. The number of fused-ring (bicyclic) bond motifs is 1. The summed E-state index contributed by atoms with van der Waals surface area (Å²) in [5.41, 5.74) is 1.49. The molecule has 1 heterocycles. The molecular weight excluding hydrogens is 292 g/mol. The van der Waals surface area contributed by atoms with Gasteiger partial charge in [0.05, 0.1) is 0 Å². The molecule has 23 heavy (non-hydrogen) atoms. The molecule has 1 N–H and O–H groups in total. The van der Waals surface area contributed by atoms with Crippen LogP contribution in [0, 0.1) is 6.92 Å². The van der Waals surface area contributed by atoms with Gasteiger partial charge in [-0.25, -0.2) is 4.79 Å². The van der Waals surface area contributed by atoms with Crippen LogP contribution in [0.15, 0.2) is 52.1 Å². The number of rotatable bonds is 4. The van der Waals surface area contributed by atoms with Gasteiger partial charge in [0.2, 0.25) is 0 Å². The van der Waals surface area contributed by atoms with E-state index in [1.54, 1.807) is 6.92 Å². The van der Waals surface area contributed by atoms with Gasteiger partial charge in [0.25, 0.3) is 5.56 Å². The van der Waals surface area contributed by atoms with Crippen LogP contribution in [0.2, 0.25) is 0 Å². The van der Waals surface area contributed by atoms with Crippen molar-refractivity contribution >= 4 is 10.8 Å². The molecule has 0 atom stereocenters. The van der Waals surface area contributed by atoms with E-state index in [1.165, 1.54) is 11.7 Å². The molecule has 1 aromatic heterocycles. The molecule has 0 unspecified atom stereocenters. The second-order valence-corrected chi connectivity index (χ2v) is 5.49. The van der Waals surface area contributed by atoms with Crippen LogP contribution in [0.25, 0.3) is 10.8 Å². The normalized spacial score (nSPS) is 11.0. The Morgan fingerprint density at radius 3 is 2.61 bits per heavy atom. The third-order valence-electron chi connectivity index (χ3n) is 4.06. The van der Waals surface area contributed by atoms with Crippen molar-refractivity contribution in [2.24, 2.45) is 0 Å². The summed E-state index contributed by atoms with van der Waals surface area (Å²) in [6.07, 6.45) is 0.496. The van der Waals surface area contributed by atoms with Crippen LogP contribution in [0.1, 0.15) is 16.8 Å². The summed E-state index contributed by atoms with van der Waals surface area (Å²) in [5.74, 6) is 0. The molecule has 0 aliphatic rings. The minimum Gasteiger partial charge on any atom is -0.364 e. The molecule has 0 aliphatic carbocycles. The lowest BCUT2D eigenvalue weighted by Crippen LogP contribution is -2.35. The molecule has 3 aromatic rings. The first kappa shape index (κ1) is 15.2. The van der Waals surface area contributed by atoms with Crippen LogP contribution in [0.5, 0.6) is 0 Å². The van der Waals surface area contributed by atoms with E-state index < -0.39 is 5.69 Å². The number of methoxy groups -OCH3 is 1. The Labute approximate surface area is 133 Å². The Bertz CT molecular complexity index is 965. The summed E-state index contributed by atoms with van der Waals surface area (Å²) in [4.78, 5) is 26.4. The number of benzene rings is 2. The van der Waals surface area contributed by atoms with Gasteiger partial charge in [-0.2, -0.15) is 0 Å². The summed E-state index contributed by atoms with van der Waals surface area (Å²) in [6, 6.07) is 14.1. The van der Waals surface area contributed by atoms with Gasteiger partial charge in [-0.15, -0.1) is 0 Å². The van der Waals surface area contributed by atoms with E-state index in [0.29, 0.717) is 17.7 Å². The van der Waals surface area contributed by atoms with Crippen molar-refractivity contribution in [1.82, 2.24) is 9.55 Å². The molecule has 0 bridgehead atoms. The summed E-state index contributed by atoms with van der Waals surface area (Å²) in [6.45, 7) is 1.83. The van der Waals surface area contributed by atoms with E-state index in [1.807, 2.05) is 42.5 Å². The van der Waals surface area contributed by atoms with Crippen molar-refractivity contribution in [3.63, 3.8) is 0 Å². The lowest BCUT2D eigenvalue weighted by atomic mass is 9.99. The summed E-state index contributed by atoms with van der Waals surface area (Å²) >= 11 is 0. The molecule has 0 fully saturated rings. The number of nitrogens with one attached hydrogen (secondary N) is 1. The van der Waals surface area contributed by atoms with E-state index >= 15 is 0 Å². The third-order valence-corrected chi connectivity index (χ3v) is 4.06. The Kier molecular flexibility index (Phi) is 4.12. The van der Waals surface area contributed by atoms with Gasteiger partial charge in [0, 0.05) is 24.8 Å². The molecule has 3 rings (SSSR count). The SMILES string of the molecule is COCn1c(Cc2cccc3ccccc23)c(C)c(=O)[nH]c1=O. The molecule has 0 spiro atoms. The zero-order valence-electron chi connectivity index (χ0n) is 13.1. The van der Waals surface area contributed by atoms with E-state index in [-0.39, 0.29) is 12.3 Å². The standard InChI is InChI=1S/C18H18N2O3/c1-12-16(20(11-23-2)18(22)19-17(12)21)10-14-8-5-7-13-6-3-4-9-15(13)14/h3-9H,10-11H2,1-2H3,(H,19,21,22). The number of nitrogens with zero attached hydrogens (tertiary/aromatic N) is 1. The highest BCUT2D eigenvalue weighted by Gasteiger charge is 2.13. The summed E-state index contributed by atoms with van der Waals surface area (Å²) < 4.78 is 6.58. The van der Waals surface area contributed by atoms with Crippen molar-refractivity contribution in [2.45, 2.75) is 20.1 Å². The van der Waals surface area contributed by atoms with Crippen LogP contribution >= 0.6 is 0 Å². The molecule has 0 radical (unpaired) electrons. The minimum absolute atomic E-state index is 0.108. The first-order chi connectivity index (χ1) is 11.1. The third kappa shape index (κ3) is 2.83. The number of aromatic nitrogens is 2. The van der Waals surface area contributed by atoms with Crippen LogP contribution in [-0.2, 0) is 17.9 Å². The van der Waals surface area contributed by atoms with Crippen molar-refractivity contribution in [1.29, 1.82) is 0 Å². The van der Waals surface area contributed by atoms with Crippen molar-refractivity contribution in [3.05, 3.63) is 80.1 Å². The minimum atomic E-state index is -0.447. The molecule has 0 saturated carbocycles. The predicted molar refractivity (Wildman–Crippen MR) is 89.8 cm³/mol. The molecule has 2 aromatic carbocycles. The van der Waals surface area contributed by atoms with E-state index in [0.717, 1.165) is 16.3 Å². The topological polar surface area (TPSA) is 64.1 Å². The maximum Gasteiger partial charge on any atom is 0.330 e. The fraction of sp³-hybridized carbons (Fsp3) is 0.222. The van der Waals surface area contributed by atoms with Gasteiger partial charge >= 0.3 is 5.69 Å². The van der Waals surface area contributed by atoms with E-state index in [4.69, 9.17) is 4.74 Å². The first-order valence-corrected chi connectivity index (χ1v) is 7.40. The lowest BCUT2D eigenvalue weighted by Gasteiger charge is -2.15. The van der Waals surface area contributed by atoms with Gasteiger partial charge in [-0.05, 0) is 23.3 Å². The van der Waals surface area contributed by atoms with Gasteiger partial charge in [-0.1, -0.05) is 42.5 Å². The Morgan fingerprint density at radius 2 is 1.83 bits per heavy atom. The monoisotopic (exact) mass is 310 g/mol. The quantitative estimate of drug-likeness (QED) is 0.803. The van der Waals surface area contributed by atoms with E-state index in [9.17, 15) is 9.59 Å². The number of hydrogen-bond donors (Lipinski definition) is 1. The van der Waals surface area contributed by atoms with Gasteiger partial charge < -0.3 is 4.74 Å². The molecule has 5 heteroatoms. The lowest BCUT2D eigenvalue weighted by molar-refractivity contribution is 0.124. The fourth-order valence-electron chi connectivity index (χ4n) is 2.84. The number of hydrogen-bond acceptors (Lipinski definition) is 3. The smallest absolute Gasteiger partial charge is 0.330 e. The first-order valence-electron chi connectivity index (χ1n) is 7.40. The van der Waals surface area contributed by atoms with Crippen LogP contribution < -0.4 is 11.2 Å². The average Bonchev–Trinajstić information content (AvgIpc) is 2.56. The summed E-state index contributed by atoms with van der Waals surface area (Å²) in [5, 5.41) is 2.25. The largest absolute Gasteiger partial charge is 0.364 e. The van der Waals surface area contributed by atoms with Gasteiger partial charge in [0.15, 0.2) is 0 Å². The number of aromatic amines is 1. The highest BCUT2D eigenvalue weighted by atomic mass is 16.5. The average molecular weight is 310 g/mol. The highest BCUT2D eigenvalue weighted by Crippen LogP contribution is 2.21. The zero-order chi connectivity index (χ0) is 16.4. The number of H-pyrrole nitrogens is 1. The Balaban J connectivity index is 2.19. The highest BCUT2D eigenvalue weighted by molar-refractivity contribution is 5.85. The molecule has 0 saturated heterocycles. The van der Waals surface area contributed by atoms with Crippen LogP contribution in [0.3, 0.4) is 0 Å². The molecular formula is C18H18N2O3. The van der Waals surface area contributed by atoms with Crippen molar-refractivity contribution in [2.75, 3.05) is 7.11 Å². The molecule has 0 amide bonds. The van der Waals surface area contributed by atoms with E-state index in [2.05, 4.69) is 4.98 Å². The van der Waals surface area contributed by atoms with Crippen LogP contribution in [0.4, 0.5) is 0 Å². The van der Waals surface area contributed by atoms with Gasteiger partial charge in [0.1, 0.15) is 6.73 Å². The maximum atomic E-state index is 12.1. The second-order valence-electron chi connectivity index (χ2n) is 5.49. The van der Waals surface area contributed by atoms with Crippen molar-refractivity contribution < 1.29 is 4.74 Å². The Hall–Kier alpha value is -2.66. The molecule has 5 nitrogen and oxygen atoms in total. The van der Waals surface area contributed by atoms with Gasteiger partial charge in [-0.3, -0.25) is 14.3 Å². The fourth-order valence-corrected chi connectivity index (χ4v) is 2.84.